The Morgan fingerprint density at radius 3 is 1.41 bits per heavy atom. The number of phosphoric acid groups is 1. The molecule has 0 bridgehead atoms. The van der Waals surface area contributed by atoms with Gasteiger partial charge in [0, 0.05) is 6.42 Å². The number of allylic oxidation sites excluding steroid dienone is 9. The quantitative estimate of drug-likeness (QED) is 0.0244. The van der Waals surface area contributed by atoms with E-state index >= 15 is 0 Å². The first-order chi connectivity index (χ1) is 29.5. The Kier molecular flexibility index (Phi) is 42.2. The molecule has 3 unspecified atom stereocenters. The summed E-state index contributed by atoms with van der Waals surface area (Å²) >= 11 is 0. The Bertz CT molecular complexity index is 1180. The van der Waals surface area contributed by atoms with Crippen LogP contribution in [0.25, 0.3) is 0 Å². The molecule has 0 fully saturated rings. The van der Waals surface area contributed by atoms with Crippen LogP contribution in [-0.4, -0.2) is 73.4 Å². The lowest BCUT2D eigenvalue weighted by Gasteiger charge is -2.25. The number of nitrogens with one attached hydrogen (secondary N) is 1. The molecule has 9 heteroatoms. The smallest absolute Gasteiger partial charge is 0.387 e. The lowest BCUT2D eigenvalue weighted by atomic mass is 10.1. The molecule has 61 heavy (non-hydrogen) atoms. The van der Waals surface area contributed by atoms with Crippen molar-refractivity contribution < 1.29 is 32.9 Å². The van der Waals surface area contributed by atoms with Crippen molar-refractivity contribution in [2.45, 2.75) is 225 Å². The largest absolute Gasteiger partial charge is 0.472 e. The maximum absolute atomic E-state index is 12.9. The van der Waals surface area contributed by atoms with E-state index in [-0.39, 0.29) is 19.1 Å². The second-order valence-corrected chi connectivity index (χ2v) is 19.6. The van der Waals surface area contributed by atoms with Crippen molar-refractivity contribution in [2.75, 3.05) is 40.9 Å². The van der Waals surface area contributed by atoms with Gasteiger partial charge in [0.15, 0.2) is 0 Å². The van der Waals surface area contributed by atoms with Crippen LogP contribution >= 0.6 is 7.82 Å². The molecule has 0 aromatic carbocycles. The normalized spacial score (nSPS) is 14.7. The van der Waals surface area contributed by atoms with Crippen molar-refractivity contribution in [3.8, 4) is 0 Å². The van der Waals surface area contributed by atoms with Crippen LogP contribution in [0.1, 0.15) is 213 Å². The Labute approximate surface area is 377 Å². The van der Waals surface area contributed by atoms with Crippen molar-refractivity contribution in [2.24, 2.45) is 0 Å². The highest BCUT2D eigenvalue weighted by molar-refractivity contribution is 7.47. The summed E-state index contributed by atoms with van der Waals surface area (Å²) in [5.41, 5.74) is 0. The van der Waals surface area contributed by atoms with Crippen LogP contribution in [0.2, 0.25) is 0 Å². The van der Waals surface area contributed by atoms with Gasteiger partial charge in [0.2, 0.25) is 5.91 Å². The van der Waals surface area contributed by atoms with Gasteiger partial charge in [-0.1, -0.05) is 190 Å². The van der Waals surface area contributed by atoms with Gasteiger partial charge in [-0.2, -0.15) is 0 Å². The molecule has 0 saturated heterocycles. The maximum atomic E-state index is 12.9. The third kappa shape index (κ3) is 46.0. The minimum Gasteiger partial charge on any atom is -0.387 e. The second-order valence-electron chi connectivity index (χ2n) is 18.2. The molecule has 3 atom stereocenters. The summed E-state index contributed by atoms with van der Waals surface area (Å²) in [5.74, 6) is -0.197. The lowest BCUT2D eigenvalue weighted by molar-refractivity contribution is -0.870. The number of aliphatic hydroxyl groups excluding tert-OH is 1. The first-order valence-electron chi connectivity index (χ1n) is 25.2. The van der Waals surface area contributed by atoms with Gasteiger partial charge in [-0.3, -0.25) is 13.8 Å². The summed E-state index contributed by atoms with van der Waals surface area (Å²) in [6.07, 6.45) is 57.3. The molecule has 1 amide bonds. The van der Waals surface area contributed by atoms with E-state index in [1.165, 1.54) is 141 Å². The molecule has 0 aromatic rings. The number of carbonyl (C=O) groups is 1. The van der Waals surface area contributed by atoms with Crippen molar-refractivity contribution in [3.63, 3.8) is 0 Å². The summed E-state index contributed by atoms with van der Waals surface area (Å²) in [6, 6.07) is -0.874. The fraction of sp³-hybridized carbons (Fsp3) is 0.788. The van der Waals surface area contributed by atoms with Gasteiger partial charge in [0.1, 0.15) is 13.2 Å². The molecule has 0 aliphatic rings. The van der Waals surface area contributed by atoms with E-state index in [0.717, 1.165) is 51.4 Å². The number of likely N-dealkylation sites (N-methyl/N-ethyl adjacent to an activating group) is 1. The molecule has 0 aliphatic carbocycles. The van der Waals surface area contributed by atoms with E-state index in [2.05, 4.69) is 67.8 Å². The molecule has 356 valence electrons. The highest BCUT2D eigenvalue weighted by Gasteiger charge is 2.27. The van der Waals surface area contributed by atoms with Crippen LogP contribution in [0.5, 0.6) is 0 Å². The average Bonchev–Trinajstić information content (AvgIpc) is 3.21. The van der Waals surface area contributed by atoms with Crippen LogP contribution in [0.3, 0.4) is 0 Å². The molecular weight excluding hydrogens is 780 g/mol. The molecule has 0 aliphatic heterocycles. The number of hydrogen-bond acceptors (Lipinski definition) is 5. The minimum atomic E-state index is -4.36. The average molecular weight is 878 g/mol. The fourth-order valence-corrected chi connectivity index (χ4v) is 7.66. The number of quaternary nitrogens is 1. The molecule has 8 nitrogen and oxygen atoms in total. The summed E-state index contributed by atoms with van der Waals surface area (Å²) < 4.78 is 23.6. The number of carbonyl (C=O) groups excluding carboxylic acids is 1. The fourth-order valence-electron chi connectivity index (χ4n) is 6.93. The molecule has 0 spiro atoms. The van der Waals surface area contributed by atoms with Gasteiger partial charge in [0.05, 0.1) is 39.9 Å². The van der Waals surface area contributed by atoms with Gasteiger partial charge in [-0.05, 0) is 77.0 Å². The van der Waals surface area contributed by atoms with Crippen LogP contribution in [0.4, 0.5) is 0 Å². The Hall–Kier alpha value is -1.80. The number of phosphoric ester groups is 1. The Morgan fingerprint density at radius 1 is 0.557 bits per heavy atom. The third-order valence-corrected chi connectivity index (χ3v) is 11.9. The number of rotatable bonds is 45. The maximum Gasteiger partial charge on any atom is 0.472 e. The van der Waals surface area contributed by atoms with Crippen molar-refractivity contribution in [1.29, 1.82) is 0 Å². The first-order valence-corrected chi connectivity index (χ1v) is 26.7. The zero-order chi connectivity index (χ0) is 45.0. The summed E-state index contributed by atoms with van der Waals surface area (Å²) in [4.78, 5) is 23.2. The van der Waals surface area contributed by atoms with Crippen LogP contribution < -0.4 is 5.32 Å². The van der Waals surface area contributed by atoms with Crippen molar-refractivity contribution >= 4 is 13.7 Å². The van der Waals surface area contributed by atoms with Gasteiger partial charge < -0.3 is 19.8 Å². The van der Waals surface area contributed by atoms with Gasteiger partial charge in [-0.25, -0.2) is 4.57 Å². The number of unbranched alkanes of at least 4 members (excludes halogenated alkanes) is 24. The molecule has 0 radical (unpaired) electrons. The lowest BCUT2D eigenvalue weighted by Crippen LogP contribution is -2.45. The highest BCUT2D eigenvalue weighted by atomic mass is 31.2. The molecule has 3 N–H and O–H groups in total. The zero-order valence-electron chi connectivity index (χ0n) is 40.4. The van der Waals surface area contributed by atoms with E-state index in [1.54, 1.807) is 6.08 Å². The summed E-state index contributed by atoms with van der Waals surface area (Å²) in [7, 11) is 1.54. The second kappa shape index (κ2) is 43.5. The van der Waals surface area contributed by atoms with E-state index in [1.807, 2.05) is 27.2 Å². The van der Waals surface area contributed by atoms with E-state index in [4.69, 9.17) is 9.05 Å². The summed E-state index contributed by atoms with van der Waals surface area (Å²) in [6.45, 7) is 4.77. The molecule has 0 rings (SSSR count). The standard InChI is InChI=1S/C52H97N2O6P/c1-6-8-10-12-14-16-18-20-22-24-26-27-28-30-32-34-36-38-40-42-44-46-52(56)53-50(49-60-61(57,58)59-48-47-54(3,4)5)51(55)45-43-41-39-37-35-33-31-29-25-23-21-19-17-15-13-11-9-7-2/h18,20,24-26,29,35,37,43,45,50-51,55H,6-17,19,21-23,27-28,30-34,36,38-42,44,46-49H2,1-5H3,(H-,53,56,57,58)/p+1/b20-18-,26-24-,29-25+,37-35+,45-43+. The molecule has 0 heterocycles. The topological polar surface area (TPSA) is 105 Å². The van der Waals surface area contributed by atoms with Crippen LogP contribution in [0.15, 0.2) is 60.8 Å². The number of amides is 1. The van der Waals surface area contributed by atoms with Crippen molar-refractivity contribution in [3.05, 3.63) is 60.8 Å². The monoisotopic (exact) mass is 878 g/mol. The molecule has 0 saturated carbocycles. The predicted molar refractivity (Wildman–Crippen MR) is 263 cm³/mol. The number of hydrogen-bond donors (Lipinski definition) is 3. The zero-order valence-corrected chi connectivity index (χ0v) is 41.3. The van der Waals surface area contributed by atoms with E-state index in [9.17, 15) is 19.4 Å². The van der Waals surface area contributed by atoms with Gasteiger partial charge in [0.25, 0.3) is 0 Å². The Morgan fingerprint density at radius 2 is 0.951 bits per heavy atom. The number of aliphatic hydroxyl groups is 1. The predicted octanol–water partition coefficient (Wildman–Crippen LogP) is 14.6. The highest BCUT2D eigenvalue weighted by Crippen LogP contribution is 2.43. The van der Waals surface area contributed by atoms with E-state index < -0.39 is 20.0 Å². The molecular formula is C52H98N2O6P+. The van der Waals surface area contributed by atoms with E-state index in [0.29, 0.717) is 17.4 Å². The van der Waals surface area contributed by atoms with Gasteiger partial charge >= 0.3 is 7.82 Å². The SMILES string of the molecule is CCCCCCC/C=C\C/C=C\CCCCCCCCCCCC(=O)NC(COP(=O)(O)OCC[N+](C)(C)C)C(O)/C=C/CC/C=C/CC/C=C/CCCCCCCCCC. The van der Waals surface area contributed by atoms with Crippen LogP contribution in [-0.2, 0) is 18.4 Å². The molecule has 0 aromatic heterocycles. The minimum absolute atomic E-state index is 0.0507. The van der Waals surface area contributed by atoms with Gasteiger partial charge in [-0.15, -0.1) is 0 Å². The third-order valence-electron chi connectivity index (χ3n) is 10.9. The number of nitrogens with zero attached hydrogens (tertiary/aromatic N) is 1. The summed E-state index contributed by atoms with van der Waals surface area (Å²) in [5, 5.41) is 13.8. The first kappa shape index (κ1) is 59.2. The van der Waals surface area contributed by atoms with Crippen molar-refractivity contribution in [1.82, 2.24) is 5.32 Å². The Balaban J connectivity index is 4.41. The van der Waals surface area contributed by atoms with Crippen LogP contribution in [0, 0.1) is 0 Å².